The molecule has 1 aliphatic heterocycles. The van der Waals surface area contributed by atoms with Crippen molar-refractivity contribution in [3.8, 4) is 0 Å². The van der Waals surface area contributed by atoms with Crippen LogP contribution in [0.4, 0.5) is 5.69 Å². The number of amides is 1. The highest BCUT2D eigenvalue weighted by Gasteiger charge is 2.33. The second-order valence-corrected chi connectivity index (χ2v) is 11.8. The van der Waals surface area contributed by atoms with Gasteiger partial charge in [0.1, 0.15) is 0 Å². The molecule has 1 aliphatic rings. The number of ether oxygens (including phenoxy) is 2. The van der Waals surface area contributed by atoms with E-state index in [0.717, 1.165) is 29.8 Å². The van der Waals surface area contributed by atoms with Crippen LogP contribution in [0.3, 0.4) is 0 Å². The van der Waals surface area contributed by atoms with Crippen LogP contribution in [0.25, 0.3) is 0 Å². The molecule has 240 valence electrons. The molecule has 0 unspecified atom stereocenters. The largest absolute Gasteiger partial charge is 0.481 e. The van der Waals surface area contributed by atoms with Crippen LogP contribution >= 0.6 is 0 Å². The zero-order valence-electron chi connectivity index (χ0n) is 26.0. The molecular weight excluding hydrogens is 580 g/mol. The van der Waals surface area contributed by atoms with Gasteiger partial charge in [0.05, 0.1) is 18.8 Å². The summed E-state index contributed by atoms with van der Waals surface area (Å²) >= 11 is 0. The molecule has 1 saturated heterocycles. The van der Waals surface area contributed by atoms with Gasteiger partial charge in [-0.1, -0.05) is 97.1 Å². The normalized spacial score (nSPS) is 17.9. The van der Waals surface area contributed by atoms with Crippen LogP contribution in [0.2, 0.25) is 0 Å². The van der Waals surface area contributed by atoms with E-state index in [2.05, 4.69) is 58.7 Å². The molecule has 0 radical (unpaired) electrons. The summed E-state index contributed by atoms with van der Waals surface area (Å²) in [6.07, 6.45) is 0.874. The quantitative estimate of drug-likeness (QED) is 0.122. The highest BCUT2D eigenvalue weighted by Crippen LogP contribution is 2.39. The molecule has 0 aliphatic carbocycles. The zero-order valence-corrected chi connectivity index (χ0v) is 26.0. The Labute approximate surface area is 270 Å². The Kier molecular flexibility index (Phi) is 12.1. The van der Waals surface area contributed by atoms with Crippen molar-refractivity contribution in [3.05, 3.63) is 137 Å². The Morgan fingerprint density at radius 2 is 1.39 bits per heavy atom. The van der Waals surface area contributed by atoms with Crippen LogP contribution in [0.5, 0.6) is 0 Å². The second-order valence-electron chi connectivity index (χ2n) is 11.8. The average molecular weight is 623 g/mol. The van der Waals surface area contributed by atoms with E-state index in [9.17, 15) is 14.7 Å². The van der Waals surface area contributed by atoms with Gasteiger partial charge in [-0.15, -0.1) is 0 Å². The van der Waals surface area contributed by atoms with Gasteiger partial charge in [0.15, 0.2) is 6.29 Å². The lowest BCUT2D eigenvalue weighted by molar-refractivity contribution is -0.253. The Bertz CT molecular complexity index is 1490. The van der Waals surface area contributed by atoms with Crippen LogP contribution in [0, 0.1) is 0 Å². The van der Waals surface area contributed by atoms with Crippen molar-refractivity contribution in [1.29, 1.82) is 0 Å². The van der Waals surface area contributed by atoms with Crippen LogP contribution < -0.4 is 5.32 Å². The van der Waals surface area contributed by atoms with Crippen molar-refractivity contribution in [2.45, 2.75) is 70.3 Å². The molecule has 4 aromatic rings. The number of nitrogens with one attached hydrogen (secondary N) is 1. The number of unbranched alkanes of at least 4 members (excludes halogenated alkanes) is 1. The molecule has 0 spiro atoms. The average Bonchev–Trinajstić information content (AvgIpc) is 3.07. The lowest BCUT2D eigenvalue weighted by atomic mass is 9.99. The number of aliphatic carboxylic acids is 1. The summed E-state index contributed by atoms with van der Waals surface area (Å²) in [5, 5.41) is 21.4. The molecule has 1 fully saturated rings. The Morgan fingerprint density at radius 3 is 2.02 bits per heavy atom. The number of hydrogen-bond acceptors (Lipinski definition) is 6. The highest BCUT2D eigenvalue weighted by molar-refractivity contribution is 5.90. The predicted molar refractivity (Wildman–Crippen MR) is 177 cm³/mol. The number of benzene rings is 4. The third-order valence-corrected chi connectivity index (χ3v) is 8.06. The number of nitrogens with zero attached hydrogens (tertiary/aromatic N) is 1. The maximum atomic E-state index is 12.6. The van der Waals surface area contributed by atoms with Crippen LogP contribution in [-0.4, -0.2) is 39.6 Å². The summed E-state index contributed by atoms with van der Waals surface area (Å²) in [5.41, 5.74) is 5.73. The minimum atomic E-state index is -0.857. The summed E-state index contributed by atoms with van der Waals surface area (Å²) < 4.78 is 13.2. The van der Waals surface area contributed by atoms with Crippen molar-refractivity contribution < 1.29 is 29.3 Å². The van der Waals surface area contributed by atoms with Crippen LogP contribution in [0.1, 0.15) is 72.3 Å². The van der Waals surface area contributed by atoms with E-state index in [1.807, 2.05) is 60.7 Å². The fraction of sp³-hybridized carbons (Fsp3) is 0.316. The first kappa shape index (κ1) is 33.0. The van der Waals surface area contributed by atoms with Gasteiger partial charge in [0.2, 0.25) is 5.91 Å². The van der Waals surface area contributed by atoms with E-state index in [4.69, 9.17) is 14.6 Å². The summed E-state index contributed by atoms with van der Waals surface area (Å²) in [5.74, 6) is -1.02. The van der Waals surface area contributed by atoms with Gasteiger partial charge >= 0.3 is 5.97 Å². The van der Waals surface area contributed by atoms with Gasteiger partial charge < -0.3 is 25.0 Å². The summed E-state index contributed by atoms with van der Waals surface area (Å²) in [4.78, 5) is 25.7. The lowest BCUT2D eigenvalue weighted by Gasteiger charge is -2.38. The standard InChI is InChI=1S/C38H42N2O6/c41-27-30-18-20-31(21-19-30)35-23-34(26-40(24-28-10-3-1-4-11-28)25-29-12-5-2-6-13-29)45-38(46-35)32-14-9-15-33(22-32)39-36(42)16-7-8-17-37(43)44/h1-6,9-15,18-22,34-35,38,41H,7-8,16-17,23-27H2,(H,39,42)(H,43,44)/t34-,35+,38+/m0/s1. The smallest absolute Gasteiger partial charge is 0.303 e. The summed E-state index contributed by atoms with van der Waals surface area (Å²) in [6.45, 7) is 2.20. The second kappa shape index (κ2) is 16.8. The predicted octanol–water partition coefficient (Wildman–Crippen LogP) is 7.01. The van der Waals surface area contributed by atoms with Gasteiger partial charge in [-0.2, -0.15) is 0 Å². The molecule has 4 aromatic carbocycles. The molecule has 5 rings (SSSR count). The molecular formula is C38H42N2O6. The topological polar surface area (TPSA) is 108 Å². The zero-order chi connectivity index (χ0) is 32.1. The van der Waals surface area contributed by atoms with E-state index in [1.165, 1.54) is 11.1 Å². The van der Waals surface area contributed by atoms with Gasteiger partial charge in [-0.05, 0) is 47.2 Å². The maximum absolute atomic E-state index is 12.6. The third kappa shape index (κ3) is 10.1. The van der Waals surface area contributed by atoms with E-state index in [1.54, 1.807) is 0 Å². The molecule has 8 nitrogen and oxygen atoms in total. The first-order valence-electron chi connectivity index (χ1n) is 15.9. The lowest BCUT2D eigenvalue weighted by Crippen LogP contribution is -2.39. The summed E-state index contributed by atoms with van der Waals surface area (Å²) in [7, 11) is 0. The minimum absolute atomic E-state index is 0.0217. The molecule has 46 heavy (non-hydrogen) atoms. The van der Waals surface area contributed by atoms with Crippen molar-refractivity contribution in [2.75, 3.05) is 11.9 Å². The number of anilines is 1. The fourth-order valence-corrected chi connectivity index (χ4v) is 5.74. The van der Waals surface area contributed by atoms with E-state index >= 15 is 0 Å². The summed E-state index contributed by atoms with van der Waals surface area (Å²) in [6, 6.07) is 36.2. The van der Waals surface area contributed by atoms with Crippen molar-refractivity contribution in [1.82, 2.24) is 4.90 Å². The first-order valence-corrected chi connectivity index (χ1v) is 15.9. The first-order chi connectivity index (χ1) is 22.4. The monoisotopic (exact) mass is 622 g/mol. The van der Waals surface area contributed by atoms with Crippen LogP contribution in [-0.2, 0) is 38.8 Å². The van der Waals surface area contributed by atoms with Crippen molar-refractivity contribution in [2.24, 2.45) is 0 Å². The molecule has 0 aromatic heterocycles. The Morgan fingerprint density at radius 1 is 0.739 bits per heavy atom. The number of carboxylic acid groups (broad SMARTS) is 1. The molecule has 3 atom stereocenters. The number of carboxylic acids is 1. The van der Waals surface area contributed by atoms with E-state index in [0.29, 0.717) is 31.5 Å². The van der Waals surface area contributed by atoms with E-state index < -0.39 is 12.3 Å². The molecule has 0 saturated carbocycles. The van der Waals surface area contributed by atoms with Gasteiger partial charge in [0, 0.05) is 50.1 Å². The number of carbonyl (C=O) groups excluding carboxylic acids is 1. The maximum Gasteiger partial charge on any atom is 0.303 e. The number of hydrogen-bond donors (Lipinski definition) is 3. The van der Waals surface area contributed by atoms with Gasteiger partial charge in [-0.25, -0.2) is 0 Å². The molecule has 1 heterocycles. The Balaban J connectivity index is 1.34. The van der Waals surface area contributed by atoms with Crippen molar-refractivity contribution >= 4 is 17.6 Å². The number of carbonyl (C=O) groups is 2. The highest BCUT2D eigenvalue weighted by atomic mass is 16.7. The fourth-order valence-electron chi connectivity index (χ4n) is 5.74. The number of aliphatic hydroxyl groups excluding tert-OH is 1. The van der Waals surface area contributed by atoms with Gasteiger partial charge in [-0.3, -0.25) is 14.5 Å². The SMILES string of the molecule is O=C(O)CCCCC(=O)Nc1cccc([C@@H]2O[C@H](CN(Cc3ccccc3)Cc3ccccc3)C[C@H](c3ccc(CO)cc3)O2)c1. The number of rotatable bonds is 15. The molecule has 1 amide bonds. The Hall–Kier alpha value is -4.34. The molecule has 8 heteroatoms. The number of aliphatic hydroxyl groups is 1. The minimum Gasteiger partial charge on any atom is -0.481 e. The molecule has 3 N–H and O–H groups in total. The van der Waals surface area contributed by atoms with Gasteiger partial charge in [0.25, 0.3) is 0 Å². The molecule has 0 bridgehead atoms. The van der Waals surface area contributed by atoms with Crippen LogP contribution in [0.15, 0.2) is 109 Å². The van der Waals surface area contributed by atoms with Crippen molar-refractivity contribution in [3.63, 3.8) is 0 Å². The third-order valence-electron chi connectivity index (χ3n) is 8.06. The van der Waals surface area contributed by atoms with E-state index in [-0.39, 0.29) is 37.6 Å².